The standard InChI is InChI=1S/C18H21N3O3/c1-13-11-15(20-24-13)7-8-18(23)21-10-9-19-17(22)12-16(21)14-5-3-2-4-6-14/h2-6,11,16H,7-10,12H2,1H3,(H,19,22)/t16-/m0/s1. The highest BCUT2D eigenvalue weighted by Gasteiger charge is 2.29. The number of nitrogens with one attached hydrogen (secondary N) is 1. The van der Waals surface area contributed by atoms with Crippen molar-refractivity contribution >= 4 is 11.8 Å². The second-order valence-electron chi connectivity index (χ2n) is 6.00. The predicted molar refractivity (Wildman–Crippen MR) is 88.1 cm³/mol. The molecule has 2 aromatic rings. The van der Waals surface area contributed by atoms with E-state index >= 15 is 0 Å². The number of hydrogen-bond donors (Lipinski definition) is 1. The minimum atomic E-state index is -0.222. The zero-order valence-corrected chi connectivity index (χ0v) is 13.7. The van der Waals surface area contributed by atoms with Crippen molar-refractivity contribution in [3.63, 3.8) is 0 Å². The SMILES string of the molecule is Cc1cc(CCC(=O)N2CCNC(=O)C[C@H]2c2ccccc2)no1. The summed E-state index contributed by atoms with van der Waals surface area (Å²) in [7, 11) is 0. The van der Waals surface area contributed by atoms with Gasteiger partial charge in [-0.05, 0) is 12.5 Å². The van der Waals surface area contributed by atoms with Gasteiger partial charge in [-0.3, -0.25) is 9.59 Å². The van der Waals surface area contributed by atoms with Crippen LogP contribution in [0.3, 0.4) is 0 Å². The smallest absolute Gasteiger partial charge is 0.223 e. The maximum Gasteiger partial charge on any atom is 0.223 e. The van der Waals surface area contributed by atoms with Gasteiger partial charge in [0.05, 0.1) is 18.2 Å². The Morgan fingerprint density at radius 1 is 1.38 bits per heavy atom. The summed E-state index contributed by atoms with van der Waals surface area (Å²) in [6, 6.07) is 11.3. The summed E-state index contributed by atoms with van der Waals surface area (Å²) in [5, 5.41) is 6.77. The Balaban J connectivity index is 1.74. The molecule has 24 heavy (non-hydrogen) atoms. The number of benzene rings is 1. The van der Waals surface area contributed by atoms with E-state index in [0.29, 0.717) is 32.4 Å². The van der Waals surface area contributed by atoms with Crippen molar-refractivity contribution in [1.29, 1.82) is 0 Å². The number of nitrogens with zero attached hydrogens (tertiary/aromatic N) is 2. The molecule has 0 radical (unpaired) electrons. The summed E-state index contributed by atoms with van der Waals surface area (Å²) in [5.74, 6) is 0.747. The third-order valence-electron chi connectivity index (χ3n) is 4.21. The van der Waals surface area contributed by atoms with Crippen LogP contribution in [0.1, 0.15) is 35.9 Å². The first kappa shape index (κ1) is 16.2. The highest BCUT2D eigenvalue weighted by Crippen LogP contribution is 2.26. The van der Waals surface area contributed by atoms with Crippen molar-refractivity contribution in [2.75, 3.05) is 13.1 Å². The molecule has 0 bridgehead atoms. The molecule has 1 aliphatic rings. The van der Waals surface area contributed by atoms with E-state index in [-0.39, 0.29) is 17.9 Å². The van der Waals surface area contributed by atoms with Crippen LogP contribution in [0, 0.1) is 6.92 Å². The van der Waals surface area contributed by atoms with Gasteiger partial charge in [-0.1, -0.05) is 35.5 Å². The monoisotopic (exact) mass is 327 g/mol. The topological polar surface area (TPSA) is 75.4 Å². The molecule has 1 aliphatic heterocycles. The summed E-state index contributed by atoms with van der Waals surface area (Å²) in [4.78, 5) is 26.5. The second kappa shape index (κ2) is 7.29. The number of aryl methyl sites for hydroxylation is 2. The summed E-state index contributed by atoms with van der Waals surface area (Å²) in [5.41, 5.74) is 1.77. The number of carbonyl (C=O) groups excluding carboxylic acids is 2. The maximum absolute atomic E-state index is 12.7. The molecule has 2 amide bonds. The minimum Gasteiger partial charge on any atom is -0.361 e. The van der Waals surface area contributed by atoms with Crippen LogP contribution in [0.4, 0.5) is 0 Å². The highest BCUT2D eigenvalue weighted by atomic mass is 16.5. The quantitative estimate of drug-likeness (QED) is 0.932. The molecule has 0 spiro atoms. The lowest BCUT2D eigenvalue weighted by atomic mass is 10.0. The molecule has 0 aliphatic carbocycles. The van der Waals surface area contributed by atoms with Crippen molar-refractivity contribution in [3.05, 3.63) is 53.4 Å². The van der Waals surface area contributed by atoms with Gasteiger partial charge in [-0.25, -0.2) is 0 Å². The molecule has 2 heterocycles. The number of amides is 2. The lowest BCUT2D eigenvalue weighted by Gasteiger charge is -2.29. The molecule has 6 nitrogen and oxygen atoms in total. The largest absolute Gasteiger partial charge is 0.361 e. The molecule has 1 aromatic heterocycles. The Morgan fingerprint density at radius 2 is 2.17 bits per heavy atom. The molecule has 6 heteroatoms. The van der Waals surface area contributed by atoms with E-state index in [4.69, 9.17) is 4.52 Å². The molecular formula is C18H21N3O3. The van der Waals surface area contributed by atoms with Gasteiger partial charge in [0, 0.05) is 32.0 Å². The molecule has 1 saturated heterocycles. The normalized spacial score (nSPS) is 18.1. The molecule has 1 atom stereocenters. The lowest BCUT2D eigenvalue weighted by molar-refractivity contribution is -0.133. The fourth-order valence-corrected chi connectivity index (χ4v) is 3.02. The zero-order chi connectivity index (χ0) is 16.9. The van der Waals surface area contributed by atoms with Gasteiger partial charge in [0.15, 0.2) is 0 Å². The lowest BCUT2D eigenvalue weighted by Crippen LogP contribution is -2.36. The first-order valence-electron chi connectivity index (χ1n) is 8.17. The number of hydrogen-bond acceptors (Lipinski definition) is 4. The summed E-state index contributed by atoms with van der Waals surface area (Å²) >= 11 is 0. The Labute approximate surface area is 140 Å². The minimum absolute atomic E-state index is 0.0220. The van der Waals surface area contributed by atoms with Crippen LogP contribution in [0.25, 0.3) is 0 Å². The summed E-state index contributed by atoms with van der Waals surface area (Å²) in [6.07, 6.45) is 1.18. The van der Waals surface area contributed by atoms with Gasteiger partial charge in [0.1, 0.15) is 5.76 Å². The van der Waals surface area contributed by atoms with Crippen LogP contribution in [-0.2, 0) is 16.0 Å². The highest BCUT2D eigenvalue weighted by molar-refractivity contribution is 5.81. The summed E-state index contributed by atoms with van der Waals surface area (Å²) < 4.78 is 5.04. The van der Waals surface area contributed by atoms with Gasteiger partial charge in [-0.15, -0.1) is 0 Å². The molecule has 126 valence electrons. The molecular weight excluding hydrogens is 306 g/mol. The Morgan fingerprint density at radius 3 is 2.88 bits per heavy atom. The first-order valence-corrected chi connectivity index (χ1v) is 8.17. The molecule has 3 rings (SSSR count). The van der Waals surface area contributed by atoms with Crippen LogP contribution in [0.15, 0.2) is 40.9 Å². The van der Waals surface area contributed by atoms with Gasteiger partial charge < -0.3 is 14.7 Å². The van der Waals surface area contributed by atoms with E-state index in [0.717, 1.165) is 17.0 Å². The van der Waals surface area contributed by atoms with E-state index in [1.54, 1.807) is 4.90 Å². The second-order valence-corrected chi connectivity index (χ2v) is 6.00. The van der Waals surface area contributed by atoms with Crippen molar-refractivity contribution in [2.45, 2.75) is 32.2 Å². The van der Waals surface area contributed by atoms with Crippen molar-refractivity contribution < 1.29 is 14.1 Å². The van der Waals surface area contributed by atoms with Crippen molar-refractivity contribution in [2.24, 2.45) is 0 Å². The van der Waals surface area contributed by atoms with Crippen LogP contribution >= 0.6 is 0 Å². The average Bonchev–Trinajstić information content (AvgIpc) is 2.90. The zero-order valence-electron chi connectivity index (χ0n) is 13.7. The maximum atomic E-state index is 12.7. The van der Waals surface area contributed by atoms with Crippen LogP contribution in [-0.4, -0.2) is 35.0 Å². The molecule has 1 N–H and O–H groups in total. The Bertz CT molecular complexity index is 711. The van der Waals surface area contributed by atoms with Crippen molar-refractivity contribution in [1.82, 2.24) is 15.4 Å². The van der Waals surface area contributed by atoms with E-state index < -0.39 is 0 Å². The predicted octanol–water partition coefficient (Wildman–Crippen LogP) is 2.01. The molecule has 0 unspecified atom stereocenters. The molecule has 0 saturated carbocycles. The van der Waals surface area contributed by atoms with E-state index in [9.17, 15) is 9.59 Å². The first-order chi connectivity index (χ1) is 11.6. The van der Waals surface area contributed by atoms with E-state index in [2.05, 4.69) is 10.5 Å². The Kier molecular flexibility index (Phi) is 4.93. The number of carbonyl (C=O) groups is 2. The van der Waals surface area contributed by atoms with Crippen LogP contribution < -0.4 is 5.32 Å². The van der Waals surface area contributed by atoms with Gasteiger partial charge >= 0.3 is 0 Å². The van der Waals surface area contributed by atoms with Crippen LogP contribution in [0.5, 0.6) is 0 Å². The Hall–Kier alpha value is -2.63. The third-order valence-corrected chi connectivity index (χ3v) is 4.21. The van der Waals surface area contributed by atoms with Gasteiger partial charge in [0.25, 0.3) is 0 Å². The van der Waals surface area contributed by atoms with E-state index in [1.165, 1.54) is 0 Å². The number of rotatable bonds is 4. The van der Waals surface area contributed by atoms with Gasteiger partial charge in [0.2, 0.25) is 11.8 Å². The summed E-state index contributed by atoms with van der Waals surface area (Å²) in [6.45, 7) is 2.83. The third kappa shape index (κ3) is 3.82. The molecule has 1 fully saturated rings. The fraction of sp³-hybridized carbons (Fsp3) is 0.389. The average molecular weight is 327 g/mol. The van der Waals surface area contributed by atoms with Crippen molar-refractivity contribution in [3.8, 4) is 0 Å². The van der Waals surface area contributed by atoms with E-state index in [1.807, 2.05) is 43.3 Å². The van der Waals surface area contributed by atoms with Crippen LogP contribution in [0.2, 0.25) is 0 Å². The van der Waals surface area contributed by atoms with Gasteiger partial charge in [-0.2, -0.15) is 0 Å². The number of aromatic nitrogens is 1. The molecule has 1 aromatic carbocycles. The fourth-order valence-electron chi connectivity index (χ4n) is 3.02.